The molecule has 0 fully saturated rings. The zero-order chi connectivity index (χ0) is 13.9. The lowest BCUT2D eigenvalue weighted by atomic mass is 9.99. The third-order valence-electron chi connectivity index (χ3n) is 2.34. The summed E-state index contributed by atoms with van der Waals surface area (Å²) >= 11 is 8.38. The number of anilines is 1. The molecule has 4 nitrogen and oxygen atoms in total. The third-order valence-corrected chi connectivity index (χ3v) is 3.05. The second-order valence-corrected chi connectivity index (χ2v) is 6.06. The molecule has 6 heteroatoms. The van der Waals surface area contributed by atoms with Crippen LogP contribution < -0.4 is 16.8 Å². The molecule has 0 atom stereocenters. The van der Waals surface area contributed by atoms with Crippen LogP contribution in [-0.4, -0.2) is 16.4 Å². The van der Waals surface area contributed by atoms with Crippen molar-refractivity contribution < 1.29 is 4.79 Å². The molecular formula is C12H16BrN3OS. The van der Waals surface area contributed by atoms with Crippen LogP contribution in [0.2, 0.25) is 0 Å². The van der Waals surface area contributed by atoms with Crippen molar-refractivity contribution in [3.8, 4) is 0 Å². The summed E-state index contributed by atoms with van der Waals surface area (Å²) < 4.78 is 0.892. The smallest absolute Gasteiger partial charge is 0.219 e. The summed E-state index contributed by atoms with van der Waals surface area (Å²) in [6.45, 7) is 3.78. The van der Waals surface area contributed by atoms with E-state index in [0.717, 1.165) is 15.7 Å². The highest BCUT2D eigenvalue weighted by atomic mass is 79.9. The molecule has 0 aromatic heterocycles. The largest absolute Gasteiger partial charge is 0.389 e. The van der Waals surface area contributed by atoms with Gasteiger partial charge in [-0.25, -0.2) is 0 Å². The fourth-order valence-electron chi connectivity index (χ4n) is 1.67. The van der Waals surface area contributed by atoms with Crippen LogP contribution in [0.25, 0.3) is 0 Å². The van der Waals surface area contributed by atoms with E-state index in [1.807, 2.05) is 32.0 Å². The van der Waals surface area contributed by atoms with Gasteiger partial charge in [0.1, 0.15) is 4.99 Å². The van der Waals surface area contributed by atoms with Gasteiger partial charge in [-0.05, 0) is 32.0 Å². The van der Waals surface area contributed by atoms with Crippen LogP contribution in [0.15, 0.2) is 22.7 Å². The minimum atomic E-state index is -0.459. The molecule has 18 heavy (non-hydrogen) atoms. The van der Waals surface area contributed by atoms with Gasteiger partial charge in [-0.15, -0.1) is 0 Å². The second kappa shape index (κ2) is 5.67. The maximum atomic E-state index is 11.0. The van der Waals surface area contributed by atoms with Gasteiger partial charge in [0.15, 0.2) is 0 Å². The first-order valence-electron chi connectivity index (χ1n) is 5.37. The molecule has 0 aliphatic rings. The fourth-order valence-corrected chi connectivity index (χ4v) is 2.20. The van der Waals surface area contributed by atoms with Gasteiger partial charge in [-0.1, -0.05) is 28.1 Å². The molecule has 0 bridgehead atoms. The van der Waals surface area contributed by atoms with E-state index < -0.39 is 5.54 Å². The van der Waals surface area contributed by atoms with Crippen LogP contribution >= 0.6 is 28.1 Å². The van der Waals surface area contributed by atoms with Gasteiger partial charge >= 0.3 is 0 Å². The van der Waals surface area contributed by atoms with E-state index in [2.05, 4.69) is 21.2 Å². The summed E-state index contributed by atoms with van der Waals surface area (Å²) in [5, 5.41) is 3.24. The Kier molecular flexibility index (Phi) is 4.70. The summed E-state index contributed by atoms with van der Waals surface area (Å²) in [5.74, 6) is -0.360. The molecule has 0 saturated carbocycles. The normalized spacial score (nSPS) is 11.1. The number of halogens is 1. The molecule has 0 unspecified atom stereocenters. The van der Waals surface area contributed by atoms with Crippen LogP contribution in [0.3, 0.4) is 0 Å². The van der Waals surface area contributed by atoms with Crippen LogP contribution in [0.4, 0.5) is 5.69 Å². The first kappa shape index (κ1) is 14.9. The van der Waals surface area contributed by atoms with Gasteiger partial charge in [0.2, 0.25) is 5.91 Å². The fraction of sp³-hybridized carbons (Fsp3) is 0.333. The quantitative estimate of drug-likeness (QED) is 0.723. The maximum absolute atomic E-state index is 11.0. The van der Waals surface area contributed by atoms with E-state index in [1.165, 1.54) is 0 Å². The van der Waals surface area contributed by atoms with Crippen molar-refractivity contribution >= 4 is 44.7 Å². The van der Waals surface area contributed by atoms with E-state index in [9.17, 15) is 4.79 Å². The molecule has 0 radical (unpaired) electrons. The summed E-state index contributed by atoms with van der Waals surface area (Å²) in [5.41, 5.74) is 12.0. The highest BCUT2D eigenvalue weighted by Gasteiger charge is 2.21. The van der Waals surface area contributed by atoms with Crippen LogP contribution in [-0.2, 0) is 4.79 Å². The van der Waals surface area contributed by atoms with Crippen molar-refractivity contribution in [2.75, 3.05) is 5.32 Å². The first-order chi connectivity index (χ1) is 8.21. The molecule has 0 spiro atoms. The minimum Gasteiger partial charge on any atom is -0.389 e. The van der Waals surface area contributed by atoms with E-state index in [1.54, 1.807) is 0 Å². The number of nitrogens with one attached hydrogen (secondary N) is 1. The van der Waals surface area contributed by atoms with Gasteiger partial charge < -0.3 is 16.8 Å². The summed E-state index contributed by atoms with van der Waals surface area (Å²) in [6.07, 6.45) is 0.222. The number of rotatable bonds is 5. The molecular weight excluding hydrogens is 314 g/mol. The Morgan fingerprint density at radius 1 is 1.44 bits per heavy atom. The Morgan fingerprint density at radius 3 is 2.56 bits per heavy atom. The number of carbonyl (C=O) groups is 1. The Labute approximate surface area is 120 Å². The predicted molar refractivity (Wildman–Crippen MR) is 81.5 cm³/mol. The SMILES string of the molecule is CC(C)(CC(N)=O)Nc1ccc(Br)cc1C(N)=S. The lowest BCUT2D eigenvalue weighted by Gasteiger charge is -2.27. The Balaban J connectivity index is 3.03. The Hall–Kier alpha value is -1.14. The van der Waals surface area contributed by atoms with E-state index in [0.29, 0.717) is 4.99 Å². The van der Waals surface area contributed by atoms with Crippen molar-refractivity contribution in [1.82, 2.24) is 0 Å². The number of benzene rings is 1. The zero-order valence-corrected chi connectivity index (χ0v) is 12.7. The number of amides is 1. The molecule has 0 saturated heterocycles. The maximum Gasteiger partial charge on any atom is 0.219 e. The molecule has 1 rings (SSSR count). The Bertz CT molecular complexity index is 488. The van der Waals surface area contributed by atoms with E-state index >= 15 is 0 Å². The average molecular weight is 330 g/mol. The predicted octanol–water partition coefficient (Wildman–Crippen LogP) is 2.15. The highest BCUT2D eigenvalue weighted by molar-refractivity contribution is 9.10. The standard InChI is InChI=1S/C12H16BrN3OS/c1-12(2,6-10(14)17)16-9-4-3-7(13)5-8(9)11(15)18/h3-5,16H,6H2,1-2H3,(H2,14,17)(H2,15,18). The van der Waals surface area contributed by atoms with Gasteiger partial charge in [0.25, 0.3) is 0 Å². The number of carbonyl (C=O) groups excluding carboxylic acids is 1. The molecule has 0 aliphatic heterocycles. The summed E-state index contributed by atoms with van der Waals surface area (Å²) in [6, 6.07) is 5.58. The number of hydrogen-bond donors (Lipinski definition) is 3. The molecule has 1 aromatic carbocycles. The lowest BCUT2D eigenvalue weighted by molar-refractivity contribution is -0.118. The third kappa shape index (κ3) is 4.27. The van der Waals surface area contributed by atoms with Crippen molar-refractivity contribution in [2.24, 2.45) is 11.5 Å². The van der Waals surface area contributed by atoms with Gasteiger partial charge in [0.05, 0.1) is 0 Å². The molecule has 98 valence electrons. The average Bonchev–Trinajstić information content (AvgIpc) is 2.18. The van der Waals surface area contributed by atoms with Crippen LogP contribution in [0, 0.1) is 0 Å². The number of hydrogen-bond acceptors (Lipinski definition) is 3. The molecule has 0 heterocycles. The van der Waals surface area contributed by atoms with E-state index in [4.69, 9.17) is 23.7 Å². The topological polar surface area (TPSA) is 81.1 Å². The molecule has 1 amide bonds. The monoisotopic (exact) mass is 329 g/mol. The van der Waals surface area contributed by atoms with Crippen molar-refractivity contribution in [2.45, 2.75) is 25.8 Å². The summed E-state index contributed by atoms with van der Waals surface area (Å²) in [7, 11) is 0. The minimum absolute atomic E-state index is 0.222. The summed E-state index contributed by atoms with van der Waals surface area (Å²) in [4.78, 5) is 11.3. The molecule has 5 N–H and O–H groups in total. The first-order valence-corrected chi connectivity index (χ1v) is 6.57. The van der Waals surface area contributed by atoms with Crippen LogP contribution in [0.5, 0.6) is 0 Å². The number of thiocarbonyl (C=S) groups is 1. The van der Waals surface area contributed by atoms with Gasteiger partial charge in [0, 0.05) is 27.7 Å². The van der Waals surface area contributed by atoms with Crippen molar-refractivity contribution in [1.29, 1.82) is 0 Å². The molecule has 0 aliphatic carbocycles. The number of nitrogens with two attached hydrogens (primary N) is 2. The van der Waals surface area contributed by atoms with Crippen LogP contribution in [0.1, 0.15) is 25.8 Å². The van der Waals surface area contributed by atoms with E-state index in [-0.39, 0.29) is 12.3 Å². The lowest BCUT2D eigenvalue weighted by Crippen LogP contribution is -2.36. The zero-order valence-electron chi connectivity index (χ0n) is 10.3. The van der Waals surface area contributed by atoms with Gasteiger partial charge in [-0.2, -0.15) is 0 Å². The second-order valence-electron chi connectivity index (χ2n) is 4.71. The number of primary amides is 1. The molecule has 1 aromatic rings. The highest BCUT2D eigenvalue weighted by Crippen LogP contribution is 2.25. The Morgan fingerprint density at radius 2 is 2.06 bits per heavy atom. The van der Waals surface area contributed by atoms with Crippen molar-refractivity contribution in [3.05, 3.63) is 28.2 Å². The van der Waals surface area contributed by atoms with Gasteiger partial charge in [-0.3, -0.25) is 4.79 Å². The van der Waals surface area contributed by atoms with Crippen molar-refractivity contribution in [3.63, 3.8) is 0 Å².